The Labute approximate surface area is 98.0 Å². The number of rotatable bonds is 4. The fourth-order valence-corrected chi connectivity index (χ4v) is 1.72. The van der Waals surface area contributed by atoms with Gasteiger partial charge in [-0.1, -0.05) is 19.1 Å². The van der Waals surface area contributed by atoms with Crippen molar-refractivity contribution in [2.45, 2.75) is 13.3 Å². The van der Waals surface area contributed by atoms with E-state index in [9.17, 15) is 0 Å². The highest BCUT2D eigenvalue weighted by Crippen LogP contribution is 2.23. The van der Waals surface area contributed by atoms with Gasteiger partial charge in [0, 0.05) is 22.3 Å². The van der Waals surface area contributed by atoms with Crippen LogP contribution in [0.5, 0.6) is 0 Å². The lowest BCUT2D eigenvalue weighted by molar-refractivity contribution is 0.978. The smallest absolute Gasteiger partial charge is 0.104 e. The molecule has 76 valence electrons. The molecule has 4 heteroatoms. The van der Waals surface area contributed by atoms with Crippen molar-refractivity contribution in [2.24, 2.45) is 5.73 Å². The molecule has 0 unspecified atom stereocenters. The molecule has 0 bridgehead atoms. The third-order valence-corrected chi connectivity index (χ3v) is 2.71. The standard InChI is InChI=1S/C10H13BrN2S/c1-2-5-13-9-4-3-7(10(12)14)6-8(9)11/h3-4,6,13H,2,5H2,1H3,(H2,12,14). The maximum absolute atomic E-state index is 5.52. The van der Waals surface area contributed by atoms with E-state index >= 15 is 0 Å². The van der Waals surface area contributed by atoms with Gasteiger partial charge in [0.05, 0.1) is 0 Å². The molecular formula is C10H13BrN2S. The van der Waals surface area contributed by atoms with Crippen molar-refractivity contribution in [2.75, 3.05) is 11.9 Å². The summed E-state index contributed by atoms with van der Waals surface area (Å²) in [5, 5.41) is 3.30. The molecule has 0 saturated heterocycles. The number of anilines is 1. The largest absolute Gasteiger partial charge is 0.389 e. The maximum atomic E-state index is 5.52. The van der Waals surface area contributed by atoms with Crippen molar-refractivity contribution in [1.29, 1.82) is 0 Å². The molecule has 0 radical (unpaired) electrons. The minimum absolute atomic E-state index is 0.424. The molecule has 2 nitrogen and oxygen atoms in total. The van der Waals surface area contributed by atoms with E-state index in [2.05, 4.69) is 28.2 Å². The van der Waals surface area contributed by atoms with Gasteiger partial charge in [-0.3, -0.25) is 0 Å². The molecule has 0 amide bonds. The zero-order valence-electron chi connectivity index (χ0n) is 8.01. The van der Waals surface area contributed by atoms with E-state index in [1.165, 1.54) is 0 Å². The third kappa shape index (κ3) is 2.96. The fraction of sp³-hybridized carbons (Fsp3) is 0.300. The van der Waals surface area contributed by atoms with E-state index in [1.807, 2.05) is 18.2 Å². The number of nitrogens with two attached hydrogens (primary N) is 1. The monoisotopic (exact) mass is 272 g/mol. The molecule has 0 aliphatic heterocycles. The van der Waals surface area contributed by atoms with Crippen molar-refractivity contribution in [3.05, 3.63) is 28.2 Å². The summed E-state index contributed by atoms with van der Waals surface area (Å²) in [5.74, 6) is 0. The Morgan fingerprint density at radius 1 is 1.57 bits per heavy atom. The zero-order chi connectivity index (χ0) is 10.6. The van der Waals surface area contributed by atoms with Gasteiger partial charge in [-0.2, -0.15) is 0 Å². The van der Waals surface area contributed by atoms with Crippen LogP contribution in [0.2, 0.25) is 0 Å². The Morgan fingerprint density at radius 3 is 2.79 bits per heavy atom. The first-order chi connectivity index (χ1) is 6.65. The maximum Gasteiger partial charge on any atom is 0.104 e. The van der Waals surface area contributed by atoms with E-state index in [0.717, 1.165) is 28.7 Å². The van der Waals surface area contributed by atoms with Crippen LogP contribution in [0.15, 0.2) is 22.7 Å². The predicted octanol–water partition coefficient (Wildman–Crippen LogP) is 2.91. The Bertz CT molecular complexity index is 339. The molecule has 0 heterocycles. The molecule has 0 spiro atoms. The van der Waals surface area contributed by atoms with Gasteiger partial charge in [0.2, 0.25) is 0 Å². The first-order valence-electron chi connectivity index (χ1n) is 4.48. The molecule has 1 aromatic carbocycles. The normalized spacial score (nSPS) is 9.86. The topological polar surface area (TPSA) is 38.0 Å². The highest BCUT2D eigenvalue weighted by molar-refractivity contribution is 9.10. The summed E-state index contributed by atoms with van der Waals surface area (Å²) in [6.45, 7) is 3.09. The predicted molar refractivity (Wildman–Crippen MR) is 68.8 cm³/mol. The minimum atomic E-state index is 0.424. The second-order valence-corrected chi connectivity index (χ2v) is 4.28. The summed E-state index contributed by atoms with van der Waals surface area (Å²) in [4.78, 5) is 0.424. The number of nitrogens with one attached hydrogen (secondary N) is 1. The van der Waals surface area contributed by atoms with Gasteiger partial charge in [0.1, 0.15) is 4.99 Å². The van der Waals surface area contributed by atoms with Gasteiger partial charge in [0.15, 0.2) is 0 Å². The summed E-state index contributed by atoms with van der Waals surface area (Å²) in [5.41, 5.74) is 7.48. The Kier molecular flexibility index (Phi) is 4.35. The van der Waals surface area contributed by atoms with Crippen molar-refractivity contribution in [3.8, 4) is 0 Å². The van der Waals surface area contributed by atoms with Crippen LogP contribution in [-0.4, -0.2) is 11.5 Å². The van der Waals surface area contributed by atoms with Crippen LogP contribution < -0.4 is 11.1 Å². The average Bonchev–Trinajstić information content (AvgIpc) is 2.15. The summed E-state index contributed by atoms with van der Waals surface area (Å²) in [6.07, 6.45) is 1.10. The molecule has 0 aromatic heterocycles. The van der Waals surface area contributed by atoms with E-state index < -0.39 is 0 Å². The Hall–Kier alpha value is -0.610. The van der Waals surface area contributed by atoms with Crippen molar-refractivity contribution >= 4 is 38.8 Å². The summed E-state index contributed by atoms with van der Waals surface area (Å²) >= 11 is 8.36. The molecule has 1 aromatic rings. The van der Waals surface area contributed by atoms with Crippen LogP contribution in [0.1, 0.15) is 18.9 Å². The molecule has 1 rings (SSSR count). The summed E-state index contributed by atoms with van der Waals surface area (Å²) in [7, 11) is 0. The highest BCUT2D eigenvalue weighted by Gasteiger charge is 2.01. The second kappa shape index (κ2) is 5.32. The number of benzene rings is 1. The Balaban J connectivity index is 2.84. The quantitative estimate of drug-likeness (QED) is 0.828. The van der Waals surface area contributed by atoms with E-state index in [1.54, 1.807) is 0 Å². The molecule has 14 heavy (non-hydrogen) atoms. The summed E-state index contributed by atoms with van der Waals surface area (Å²) < 4.78 is 0.997. The lowest BCUT2D eigenvalue weighted by atomic mass is 10.2. The summed E-state index contributed by atoms with van der Waals surface area (Å²) in [6, 6.07) is 5.83. The molecule has 0 aliphatic rings. The lowest BCUT2D eigenvalue weighted by Crippen LogP contribution is -2.09. The van der Waals surface area contributed by atoms with Crippen LogP contribution in [-0.2, 0) is 0 Å². The number of hydrogen-bond acceptors (Lipinski definition) is 2. The van der Waals surface area contributed by atoms with Crippen LogP contribution in [0, 0.1) is 0 Å². The van der Waals surface area contributed by atoms with Gasteiger partial charge in [-0.05, 0) is 40.5 Å². The molecule has 3 N–H and O–H groups in total. The zero-order valence-corrected chi connectivity index (χ0v) is 10.4. The fourth-order valence-electron chi connectivity index (χ4n) is 1.07. The van der Waals surface area contributed by atoms with Crippen molar-refractivity contribution < 1.29 is 0 Å². The first kappa shape index (κ1) is 11.5. The second-order valence-electron chi connectivity index (χ2n) is 2.99. The van der Waals surface area contributed by atoms with Crippen LogP contribution in [0.25, 0.3) is 0 Å². The lowest BCUT2D eigenvalue weighted by Gasteiger charge is -2.08. The molecule has 0 aliphatic carbocycles. The average molecular weight is 273 g/mol. The number of hydrogen-bond donors (Lipinski definition) is 2. The highest BCUT2D eigenvalue weighted by atomic mass is 79.9. The Morgan fingerprint density at radius 2 is 2.29 bits per heavy atom. The van der Waals surface area contributed by atoms with E-state index in [-0.39, 0.29) is 0 Å². The van der Waals surface area contributed by atoms with Gasteiger partial charge in [0.25, 0.3) is 0 Å². The van der Waals surface area contributed by atoms with Crippen LogP contribution in [0.4, 0.5) is 5.69 Å². The number of thiocarbonyl (C=S) groups is 1. The molecular weight excluding hydrogens is 260 g/mol. The van der Waals surface area contributed by atoms with Crippen molar-refractivity contribution in [3.63, 3.8) is 0 Å². The molecule has 0 saturated carbocycles. The SMILES string of the molecule is CCCNc1ccc(C(N)=S)cc1Br. The van der Waals surface area contributed by atoms with Gasteiger partial charge >= 0.3 is 0 Å². The molecule has 0 atom stereocenters. The molecule has 0 fully saturated rings. The third-order valence-electron chi connectivity index (χ3n) is 1.82. The van der Waals surface area contributed by atoms with Gasteiger partial charge < -0.3 is 11.1 Å². The van der Waals surface area contributed by atoms with Crippen molar-refractivity contribution in [1.82, 2.24) is 0 Å². The van der Waals surface area contributed by atoms with Gasteiger partial charge in [-0.15, -0.1) is 0 Å². The minimum Gasteiger partial charge on any atom is -0.389 e. The number of halogens is 1. The van der Waals surface area contributed by atoms with Gasteiger partial charge in [-0.25, -0.2) is 0 Å². The van der Waals surface area contributed by atoms with E-state index in [0.29, 0.717) is 4.99 Å². The van der Waals surface area contributed by atoms with E-state index in [4.69, 9.17) is 18.0 Å². The van der Waals surface area contributed by atoms with Crippen LogP contribution in [0.3, 0.4) is 0 Å². The van der Waals surface area contributed by atoms with Crippen LogP contribution >= 0.6 is 28.1 Å². The first-order valence-corrected chi connectivity index (χ1v) is 5.68.